The second kappa shape index (κ2) is 8.18. The highest BCUT2D eigenvalue weighted by Crippen LogP contribution is 2.15. The number of aromatic nitrogens is 4. The zero-order valence-electron chi connectivity index (χ0n) is 14.6. The molecule has 1 amide bonds. The van der Waals surface area contributed by atoms with E-state index in [-0.39, 0.29) is 19.2 Å². The maximum atomic E-state index is 12.1. The summed E-state index contributed by atoms with van der Waals surface area (Å²) >= 11 is 3.38. The van der Waals surface area contributed by atoms with Gasteiger partial charge >= 0.3 is 0 Å². The Balaban J connectivity index is 1.51. The Bertz CT molecular complexity index is 866. The zero-order valence-corrected chi connectivity index (χ0v) is 16.2. The van der Waals surface area contributed by atoms with E-state index >= 15 is 0 Å². The summed E-state index contributed by atoms with van der Waals surface area (Å²) < 4.78 is 9.78. The van der Waals surface area contributed by atoms with Gasteiger partial charge in [0.05, 0.1) is 28.2 Å². The summed E-state index contributed by atoms with van der Waals surface area (Å²) in [6.07, 6.45) is 6.09. The molecular weight excluding hydrogens is 398 g/mol. The van der Waals surface area contributed by atoms with Gasteiger partial charge in [-0.1, -0.05) is 19.1 Å². The van der Waals surface area contributed by atoms with Crippen molar-refractivity contribution < 1.29 is 9.53 Å². The van der Waals surface area contributed by atoms with Crippen LogP contribution in [0.25, 0.3) is 0 Å². The Morgan fingerprint density at radius 2 is 2.00 bits per heavy atom. The van der Waals surface area contributed by atoms with Crippen LogP contribution in [0.1, 0.15) is 18.2 Å². The van der Waals surface area contributed by atoms with Gasteiger partial charge in [-0.25, -0.2) is 4.68 Å². The lowest BCUT2D eigenvalue weighted by molar-refractivity contribution is -0.116. The average molecular weight is 418 g/mol. The number of hydrogen-bond donors (Lipinski definition) is 1. The summed E-state index contributed by atoms with van der Waals surface area (Å²) in [4.78, 5) is 12.1. The third-order valence-corrected chi connectivity index (χ3v) is 4.58. The van der Waals surface area contributed by atoms with Crippen molar-refractivity contribution in [2.24, 2.45) is 0 Å². The molecule has 2 aromatic heterocycles. The molecule has 3 aromatic rings. The van der Waals surface area contributed by atoms with Crippen LogP contribution in [0.15, 0.2) is 47.3 Å². The highest BCUT2D eigenvalue weighted by atomic mass is 79.9. The number of amides is 1. The van der Waals surface area contributed by atoms with E-state index in [1.54, 1.807) is 28.0 Å². The Kier molecular flexibility index (Phi) is 5.72. The van der Waals surface area contributed by atoms with Crippen molar-refractivity contribution >= 4 is 27.5 Å². The second-order valence-electron chi connectivity index (χ2n) is 5.85. The highest BCUT2D eigenvalue weighted by Gasteiger charge is 2.08. The number of anilines is 1. The van der Waals surface area contributed by atoms with Gasteiger partial charge < -0.3 is 10.1 Å². The van der Waals surface area contributed by atoms with Gasteiger partial charge in [-0.2, -0.15) is 10.2 Å². The summed E-state index contributed by atoms with van der Waals surface area (Å²) in [5.74, 6) is 0.610. The van der Waals surface area contributed by atoms with E-state index < -0.39 is 0 Å². The van der Waals surface area contributed by atoms with E-state index in [1.165, 1.54) is 5.56 Å². The van der Waals surface area contributed by atoms with Gasteiger partial charge in [0.1, 0.15) is 12.3 Å². The van der Waals surface area contributed by atoms with Crippen molar-refractivity contribution in [2.75, 3.05) is 5.32 Å². The number of benzene rings is 1. The summed E-state index contributed by atoms with van der Waals surface area (Å²) in [7, 11) is 0. The van der Waals surface area contributed by atoms with Crippen molar-refractivity contribution in [3.05, 3.63) is 58.6 Å². The summed E-state index contributed by atoms with van der Waals surface area (Å²) in [6, 6.07) is 7.96. The van der Waals surface area contributed by atoms with Crippen molar-refractivity contribution in [3.8, 4) is 5.75 Å². The van der Waals surface area contributed by atoms with Crippen LogP contribution in [0.3, 0.4) is 0 Å². The Morgan fingerprint density at radius 3 is 2.65 bits per heavy atom. The minimum atomic E-state index is -0.171. The first-order chi connectivity index (χ1) is 12.5. The van der Waals surface area contributed by atoms with E-state index in [1.807, 2.05) is 31.2 Å². The van der Waals surface area contributed by atoms with Gasteiger partial charge in [-0.15, -0.1) is 0 Å². The van der Waals surface area contributed by atoms with Crippen molar-refractivity contribution in [3.63, 3.8) is 0 Å². The third kappa shape index (κ3) is 4.72. The normalized spacial score (nSPS) is 10.7. The molecule has 3 rings (SSSR count). The molecule has 0 saturated heterocycles. The summed E-state index contributed by atoms with van der Waals surface area (Å²) in [5, 5.41) is 11.2. The molecule has 0 bridgehead atoms. The van der Waals surface area contributed by atoms with Crippen LogP contribution in [0.2, 0.25) is 0 Å². The first-order valence-electron chi connectivity index (χ1n) is 8.27. The molecule has 26 heavy (non-hydrogen) atoms. The molecule has 0 aliphatic heterocycles. The molecule has 8 heteroatoms. The maximum Gasteiger partial charge on any atom is 0.246 e. The Hall–Kier alpha value is -2.61. The van der Waals surface area contributed by atoms with E-state index in [9.17, 15) is 4.79 Å². The third-order valence-electron chi connectivity index (χ3n) is 3.80. The van der Waals surface area contributed by atoms with Crippen molar-refractivity contribution in [1.82, 2.24) is 19.6 Å². The van der Waals surface area contributed by atoms with Crippen LogP contribution in [-0.2, 0) is 24.5 Å². The van der Waals surface area contributed by atoms with Crippen molar-refractivity contribution in [1.29, 1.82) is 0 Å². The SMILES string of the molecule is CCc1ccc(OCn2cc(NC(=O)Cn3cc(Br)c(C)n3)cn2)cc1. The number of carbonyl (C=O) groups is 1. The molecule has 2 heterocycles. The number of hydrogen-bond acceptors (Lipinski definition) is 4. The van der Waals surface area contributed by atoms with Crippen molar-refractivity contribution in [2.45, 2.75) is 33.5 Å². The minimum absolute atomic E-state index is 0.137. The number of carbonyl (C=O) groups excluding carboxylic acids is 1. The maximum absolute atomic E-state index is 12.1. The highest BCUT2D eigenvalue weighted by molar-refractivity contribution is 9.10. The molecule has 0 unspecified atom stereocenters. The Labute approximate surface area is 160 Å². The lowest BCUT2D eigenvalue weighted by Gasteiger charge is -2.06. The van der Waals surface area contributed by atoms with Crippen LogP contribution in [-0.4, -0.2) is 25.5 Å². The molecule has 0 atom stereocenters. The van der Waals surface area contributed by atoms with Gasteiger partial charge in [-0.05, 0) is 47.0 Å². The molecule has 0 saturated carbocycles. The smallest absolute Gasteiger partial charge is 0.246 e. The molecule has 0 aliphatic carbocycles. The summed E-state index contributed by atoms with van der Waals surface area (Å²) in [5.41, 5.74) is 2.72. The molecular formula is C18H20BrN5O2. The van der Waals surface area contributed by atoms with Gasteiger partial charge in [0.25, 0.3) is 0 Å². The van der Waals surface area contributed by atoms with Crippen LogP contribution in [0.4, 0.5) is 5.69 Å². The molecule has 0 aliphatic rings. The van der Waals surface area contributed by atoms with Crippen LogP contribution in [0.5, 0.6) is 5.75 Å². The fraction of sp³-hybridized carbons (Fsp3) is 0.278. The lowest BCUT2D eigenvalue weighted by atomic mass is 10.2. The number of nitrogens with one attached hydrogen (secondary N) is 1. The fourth-order valence-electron chi connectivity index (χ4n) is 2.38. The molecule has 0 radical (unpaired) electrons. The molecule has 0 fully saturated rings. The predicted octanol–water partition coefficient (Wildman–Crippen LogP) is 3.39. The molecule has 0 spiro atoms. The number of ether oxygens (including phenoxy) is 1. The number of halogens is 1. The monoisotopic (exact) mass is 417 g/mol. The standard InChI is InChI=1S/C18H20BrN5O2/c1-3-14-4-6-16(7-5-14)26-12-24-9-15(8-20-24)21-18(25)11-23-10-17(19)13(2)22-23/h4-10H,3,11-12H2,1-2H3,(H,21,25). The van der Waals surface area contributed by atoms with Crippen LogP contribution >= 0.6 is 15.9 Å². The van der Waals surface area contributed by atoms with Gasteiger partial charge in [-0.3, -0.25) is 9.48 Å². The summed E-state index contributed by atoms with van der Waals surface area (Å²) in [6.45, 7) is 4.39. The average Bonchev–Trinajstić information content (AvgIpc) is 3.19. The topological polar surface area (TPSA) is 74.0 Å². The molecule has 1 aromatic carbocycles. The second-order valence-corrected chi connectivity index (χ2v) is 6.70. The predicted molar refractivity (Wildman–Crippen MR) is 102 cm³/mol. The van der Waals surface area contributed by atoms with E-state index in [2.05, 4.69) is 38.4 Å². The van der Waals surface area contributed by atoms with Gasteiger partial charge in [0.15, 0.2) is 6.73 Å². The molecule has 1 N–H and O–H groups in total. The first-order valence-corrected chi connectivity index (χ1v) is 9.06. The minimum Gasteiger partial charge on any atom is -0.471 e. The van der Waals surface area contributed by atoms with E-state index in [0.29, 0.717) is 5.69 Å². The molecule has 136 valence electrons. The quantitative estimate of drug-likeness (QED) is 0.639. The lowest BCUT2D eigenvalue weighted by Crippen LogP contribution is -2.18. The molecule has 7 nitrogen and oxygen atoms in total. The first kappa shape index (κ1) is 18.2. The number of rotatable bonds is 7. The number of aryl methyl sites for hydroxylation is 2. The fourth-order valence-corrected chi connectivity index (χ4v) is 2.70. The largest absolute Gasteiger partial charge is 0.471 e. The van der Waals surface area contributed by atoms with Crippen LogP contribution in [0, 0.1) is 6.92 Å². The zero-order chi connectivity index (χ0) is 18.5. The number of nitrogens with zero attached hydrogens (tertiary/aromatic N) is 4. The van der Waals surface area contributed by atoms with E-state index in [4.69, 9.17) is 4.74 Å². The van der Waals surface area contributed by atoms with Crippen LogP contribution < -0.4 is 10.1 Å². The van der Waals surface area contributed by atoms with Gasteiger partial charge in [0.2, 0.25) is 5.91 Å². The van der Waals surface area contributed by atoms with E-state index in [0.717, 1.165) is 22.3 Å². The van der Waals surface area contributed by atoms with Gasteiger partial charge in [0, 0.05) is 6.20 Å². The Morgan fingerprint density at radius 1 is 1.23 bits per heavy atom.